The maximum atomic E-state index is 14.7. The fourth-order valence-electron chi connectivity index (χ4n) is 4.02. The number of benzene rings is 1. The first kappa shape index (κ1) is 17.5. The zero-order chi connectivity index (χ0) is 19.1. The second-order valence-corrected chi connectivity index (χ2v) is 7.30. The van der Waals surface area contributed by atoms with Gasteiger partial charge in [0.1, 0.15) is 0 Å². The van der Waals surface area contributed by atoms with E-state index in [1.807, 2.05) is 25.3 Å². The Kier molecular flexibility index (Phi) is 4.33. The van der Waals surface area contributed by atoms with Crippen molar-refractivity contribution in [3.63, 3.8) is 0 Å². The first-order chi connectivity index (χ1) is 13.0. The van der Waals surface area contributed by atoms with E-state index in [0.29, 0.717) is 16.7 Å². The number of halogens is 1. The number of aliphatic hydroxyl groups excluding tert-OH is 1. The number of nitriles is 1. The normalized spacial score (nSPS) is 19.9. The van der Waals surface area contributed by atoms with Gasteiger partial charge in [0, 0.05) is 40.5 Å². The number of hydrogen-bond acceptors (Lipinski definition) is 4. The molecule has 6 heteroatoms. The molecule has 1 saturated carbocycles. The van der Waals surface area contributed by atoms with Gasteiger partial charge >= 0.3 is 0 Å². The number of aromatic nitrogens is 2. The molecule has 5 nitrogen and oxygen atoms in total. The minimum absolute atomic E-state index is 0.00167. The molecule has 0 spiro atoms. The Morgan fingerprint density at radius 2 is 1.96 bits per heavy atom. The van der Waals surface area contributed by atoms with Crippen molar-refractivity contribution in [3.05, 3.63) is 47.7 Å². The van der Waals surface area contributed by atoms with E-state index in [1.54, 1.807) is 0 Å². The number of aryl methyl sites for hydroxylation is 1. The van der Waals surface area contributed by atoms with Crippen LogP contribution in [0.5, 0.6) is 0 Å². The number of hydrogen-bond donors (Lipinski definition) is 2. The van der Waals surface area contributed by atoms with Gasteiger partial charge in [0.15, 0.2) is 5.82 Å². The smallest absolute Gasteiger partial charge is 0.157 e. The minimum atomic E-state index is -0.498. The molecule has 1 aliphatic carbocycles. The molecule has 0 atom stereocenters. The average Bonchev–Trinajstić information content (AvgIpc) is 3.02. The van der Waals surface area contributed by atoms with Crippen molar-refractivity contribution in [2.75, 3.05) is 5.73 Å². The maximum Gasteiger partial charge on any atom is 0.157 e. The molecule has 0 amide bonds. The van der Waals surface area contributed by atoms with Crippen LogP contribution in [0.2, 0.25) is 0 Å². The van der Waals surface area contributed by atoms with Crippen molar-refractivity contribution in [2.24, 2.45) is 0 Å². The molecule has 2 aromatic heterocycles. The van der Waals surface area contributed by atoms with Crippen molar-refractivity contribution < 1.29 is 9.50 Å². The average molecular weight is 364 g/mol. The Morgan fingerprint density at radius 1 is 1.22 bits per heavy atom. The highest BCUT2D eigenvalue weighted by molar-refractivity contribution is 5.98. The molecular formula is C21H21FN4O. The van der Waals surface area contributed by atoms with Gasteiger partial charge < -0.3 is 15.4 Å². The zero-order valence-corrected chi connectivity index (χ0v) is 15.1. The van der Waals surface area contributed by atoms with E-state index in [2.05, 4.69) is 15.6 Å². The van der Waals surface area contributed by atoms with Crippen LogP contribution in [-0.2, 0) is 0 Å². The van der Waals surface area contributed by atoms with Crippen molar-refractivity contribution in [2.45, 2.75) is 44.8 Å². The Bertz CT molecular complexity index is 1060. The van der Waals surface area contributed by atoms with E-state index in [1.165, 1.54) is 12.4 Å². The van der Waals surface area contributed by atoms with Crippen LogP contribution in [0, 0.1) is 24.1 Å². The fourth-order valence-corrected chi connectivity index (χ4v) is 4.02. The maximum absolute atomic E-state index is 14.7. The summed E-state index contributed by atoms with van der Waals surface area (Å²) in [6.07, 6.45) is 7.69. The van der Waals surface area contributed by atoms with Gasteiger partial charge in [0.25, 0.3) is 0 Å². The summed E-state index contributed by atoms with van der Waals surface area (Å²) >= 11 is 0. The molecule has 0 saturated heterocycles. The fraction of sp³-hybridized carbons (Fsp3) is 0.333. The van der Waals surface area contributed by atoms with E-state index < -0.39 is 5.82 Å². The predicted molar refractivity (Wildman–Crippen MR) is 103 cm³/mol. The van der Waals surface area contributed by atoms with Crippen LogP contribution < -0.4 is 5.73 Å². The predicted octanol–water partition coefficient (Wildman–Crippen LogP) is 4.08. The van der Waals surface area contributed by atoms with Crippen molar-refractivity contribution in [1.29, 1.82) is 5.26 Å². The molecular weight excluding hydrogens is 343 g/mol. The van der Waals surface area contributed by atoms with E-state index in [4.69, 9.17) is 5.73 Å². The molecule has 27 heavy (non-hydrogen) atoms. The van der Waals surface area contributed by atoms with Crippen LogP contribution in [0.1, 0.15) is 42.9 Å². The summed E-state index contributed by atoms with van der Waals surface area (Å²) in [6.45, 7) is 1.91. The third-order valence-electron chi connectivity index (χ3n) is 5.56. The summed E-state index contributed by atoms with van der Waals surface area (Å²) in [4.78, 5) is 4.05. The molecule has 3 aromatic rings. The van der Waals surface area contributed by atoms with Crippen LogP contribution in [0.25, 0.3) is 22.0 Å². The SMILES string of the molecule is Cc1cc2c(cc1C#N)c(-c1cncc(N)c1F)cn2C1CCC(O)CC1. The van der Waals surface area contributed by atoms with Crippen molar-refractivity contribution in [3.8, 4) is 17.2 Å². The topological polar surface area (TPSA) is 87.9 Å². The number of anilines is 1. The summed E-state index contributed by atoms with van der Waals surface area (Å²) in [7, 11) is 0. The lowest BCUT2D eigenvalue weighted by atomic mass is 9.93. The van der Waals surface area contributed by atoms with E-state index in [-0.39, 0.29) is 17.8 Å². The third kappa shape index (κ3) is 2.94. The van der Waals surface area contributed by atoms with Gasteiger partial charge in [-0.25, -0.2) is 4.39 Å². The number of fused-ring (bicyclic) bond motifs is 1. The van der Waals surface area contributed by atoms with Gasteiger partial charge in [-0.05, 0) is 50.3 Å². The lowest BCUT2D eigenvalue weighted by Crippen LogP contribution is -2.20. The second-order valence-electron chi connectivity index (χ2n) is 7.30. The van der Waals surface area contributed by atoms with Crippen molar-refractivity contribution >= 4 is 16.6 Å². The van der Waals surface area contributed by atoms with Crippen LogP contribution in [-0.4, -0.2) is 20.8 Å². The first-order valence-corrected chi connectivity index (χ1v) is 9.12. The zero-order valence-electron chi connectivity index (χ0n) is 15.1. The number of aliphatic hydroxyl groups is 1. The highest BCUT2D eigenvalue weighted by Gasteiger charge is 2.24. The van der Waals surface area contributed by atoms with Gasteiger partial charge in [0.05, 0.1) is 29.6 Å². The van der Waals surface area contributed by atoms with Gasteiger partial charge in [-0.2, -0.15) is 5.26 Å². The molecule has 1 aromatic carbocycles. The summed E-state index contributed by atoms with van der Waals surface area (Å²) < 4.78 is 16.9. The van der Waals surface area contributed by atoms with Crippen LogP contribution in [0.4, 0.5) is 10.1 Å². The van der Waals surface area contributed by atoms with Crippen LogP contribution in [0.3, 0.4) is 0 Å². The highest BCUT2D eigenvalue weighted by Crippen LogP contribution is 2.39. The van der Waals surface area contributed by atoms with E-state index in [0.717, 1.165) is 42.1 Å². The lowest BCUT2D eigenvalue weighted by molar-refractivity contribution is 0.111. The molecule has 4 rings (SSSR count). The Balaban J connectivity index is 1.96. The Labute approximate surface area is 156 Å². The minimum Gasteiger partial charge on any atom is -0.395 e. The molecule has 1 aliphatic rings. The molecule has 1 fully saturated rings. The Morgan fingerprint density at radius 3 is 2.67 bits per heavy atom. The van der Waals surface area contributed by atoms with Crippen molar-refractivity contribution in [1.82, 2.24) is 9.55 Å². The lowest BCUT2D eigenvalue weighted by Gasteiger charge is -2.27. The molecule has 3 N–H and O–H groups in total. The number of nitrogens with two attached hydrogens (primary N) is 1. The van der Waals surface area contributed by atoms with Gasteiger partial charge in [-0.1, -0.05) is 0 Å². The number of nitrogen functional groups attached to an aromatic ring is 1. The Hall–Kier alpha value is -2.91. The molecule has 0 unspecified atom stereocenters. The first-order valence-electron chi connectivity index (χ1n) is 9.12. The largest absolute Gasteiger partial charge is 0.395 e. The molecule has 0 bridgehead atoms. The molecule has 0 radical (unpaired) electrons. The number of nitrogens with zero attached hydrogens (tertiary/aromatic N) is 3. The quantitative estimate of drug-likeness (QED) is 0.717. The highest BCUT2D eigenvalue weighted by atomic mass is 19.1. The van der Waals surface area contributed by atoms with Crippen LogP contribution in [0.15, 0.2) is 30.7 Å². The molecule has 138 valence electrons. The molecule has 0 aliphatic heterocycles. The number of pyridine rings is 1. The second kappa shape index (κ2) is 6.67. The monoisotopic (exact) mass is 364 g/mol. The summed E-state index contributed by atoms with van der Waals surface area (Å²) in [5.74, 6) is -0.498. The van der Waals surface area contributed by atoms with E-state index >= 15 is 0 Å². The third-order valence-corrected chi connectivity index (χ3v) is 5.56. The van der Waals surface area contributed by atoms with Gasteiger partial charge in [-0.3, -0.25) is 4.98 Å². The summed E-state index contributed by atoms with van der Waals surface area (Å²) in [5, 5.41) is 20.1. The van der Waals surface area contributed by atoms with E-state index in [9.17, 15) is 14.8 Å². The summed E-state index contributed by atoms with van der Waals surface area (Å²) in [6, 6.07) is 6.24. The standard InChI is InChI=1S/C21H21FN4O/c1-12-6-20-16(7-13(12)8-23)18(17-9-25-10-19(24)21(17)22)11-26(20)14-2-4-15(27)5-3-14/h6-7,9-11,14-15,27H,2-5,24H2,1H3. The van der Waals surface area contributed by atoms with Crippen LogP contribution >= 0.6 is 0 Å². The molecule has 2 heterocycles. The number of rotatable bonds is 2. The van der Waals surface area contributed by atoms with Gasteiger partial charge in [0.2, 0.25) is 0 Å². The summed E-state index contributed by atoms with van der Waals surface area (Å²) in [5.41, 5.74) is 9.16. The van der Waals surface area contributed by atoms with Gasteiger partial charge in [-0.15, -0.1) is 0 Å².